The monoisotopic (exact) mass is 212 g/mol. The first kappa shape index (κ1) is 9.33. The quantitative estimate of drug-likeness (QED) is 0.781. The van der Waals surface area contributed by atoms with Crippen molar-refractivity contribution in [3.63, 3.8) is 0 Å². The molecule has 0 aliphatic heterocycles. The number of benzene rings is 1. The van der Waals surface area contributed by atoms with E-state index in [9.17, 15) is 4.79 Å². The summed E-state index contributed by atoms with van der Waals surface area (Å²) in [7, 11) is 0. The van der Waals surface area contributed by atoms with Crippen molar-refractivity contribution in [2.24, 2.45) is 0 Å². The van der Waals surface area contributed by atoms with E-state index in [0.29, 0.717) is 5.92 Å². The highest BCUT2D eigenvalue weighted by molar-refractivity contribution is 5.35. The van der Waals surface area contributed by atoms with Crippen LogP contribution in [-0.4, -0.2) is 10.2 Å². The van der Waals surface area contributed by atoms with Crippen molar-refractivity contribution < 1.29 is 0 Å². The van der Waals surface area contributed by atoms with Crippen LogP contribution in [0, 0.1) is 0 Å². The summed E-state index contributed by atoms with van der Waals surface area (Å²) in [5.74, 6) is 0.411. The Bertz CT molecular complexity index is 529. The summed E-state index contributed by atoms with van der Waals surface area (Å²) in [5.41, 5.74) is 3.65. The van der Waals surface area contributed by atoms with E-state index in [0.717, 1.165) is 18.5 Å². The highest BCUT2D eigenvalue weighted by atomic mass is 16.1. The Morgan fingerprint density at radius 1 is 1.06 bits per heavy atom. The topological polar surface area (TPSA) is 45.8 Å². The number of H-pyrrole nitrogens is 1. The number of hydrogen-bond acceptors (Lipinski definition) is 2. The van der Waals surface area contributed by atoms with Crippen molar-refractivity contribution in [2.45, 2.75) is 18.8 Å². The van der Waals surface area contributed by atoms with Gasteiger partial charge in [-0.15, -0.1) is 0 Å². The first-order valence-corrected chi connectivity index (χ1v) is 5.45. The summed E-state index contributed by atoms with van der Waals surface area (Å²) in [5, 5.41) is 6.60. The molecule has 1 heterocycles. The van der Waals surface area contributed by atoms with E-state index in [2.05, 4.69) is 34.5 Å². The number of nitrogens with one attached hydrogen (secondary N) is 1. The summed E-state index contributed by atoms with van der Waals surface area (Å²) in [6, 6.07) is 11.9. The van der Waals surface area contributed by atoms with Gasteiger partial charge in [0.05, 0.1) is 5.69 Å². The number of aromatic amines is 1. The molecule has 1 aliphatic carbocycles. The van der Waals surface area contributed by atoms with Gasteiger partial charge < -0.3 is 0 Å². The standard InChI is InChI=1S/C13H12N2O/c16-13-6-5-12(14-15-13)11-7-9-3-1-2-4-10(9)8-11/h1-6,11H,7-8H2,(H,15,16). The normalized spacial score (nSPS) is 15.0. The van der Waals surface area contributed by atoms with Crippen LogP contribution in [-0.2, 0) is 12.8 Å². The molecule has 1 aromatic carbocycles. The van der Waals surface area contributed by atoms with E-state index in [1.54, 1.807) is 6.07 Å². The Hall–Kier alpha value is -1.90. The minimum Gasteiger partial charge on any atom is -0.268 e. The van der Waals surface area contributed by atoms with Crippen LogP contribution >= 0.6 is 0 Å². The van der Waals surface area contributed by atoms with Crippen LogP contribution in [0.2, 0.25) is 0 Å². The van der Waals surface area contributed by atoms with Crippen molar-refractivity contribution in [3.8, 4) is 0 Å². The van der Waals surface area contributed by atoms with Crippen LogP contribution in [0.25, 0.3) is 0 Å². The van der Waals surface area contributed by atoms with E-state index < -0.39 is 0 Å². The molecule has 1 aliphatic rings. The number of nitrogens with zero attached hydrogens (tertiary/aromatic N) is 1. The molecule has 2 aromatic rings. The molecular formula is C13H12N2O. The van der Waals surface area contributed by atoms with Crippen LogP contribution in [0.1, 0.15) is 22.7 Å². The molecule has 0 atom stereocenters. The first-order chi connectivity index (χ1) is 7.83. The van der Waals surface area contributed by atoms with Crippen molar-refractivity contribution in [1.29, 1.82) is 0 Å². The van der Waals surface area contributed by atoms with Crippen molar-refractivity contribution >= 4 is 0 Å². The second-order valence-electron chi connectivity index (χ2n) is 4.22. The van der Waals surface area contributed by atoms with E-state index in [1.165, 1.54) is 11.1 Å². The zero-order chi connectivity index (χ0) is 11.0. The molecule has 0 radical (unpaired) electrons. The summed E-state index contributed by atoms with van der Waals surface area (Å²) >= 11 is 0. The fraction of sp³-hybridized carbons (Fsp3) is 0.231. The van der Waals surface area contributed by atoms with Crippen molar-refractivity contribution in [1.82, 2.24) is 10.2 Å². The smallest absolute Gasteiger partial charge is 0.264 e. The SMILES string of the molecule is O=c1ccc(C2Cc3ccccc3C2)n[nH]1. The maximum atomic E-state index is 10.9. The molecule has 80 valence electrons. The highest BCUT2D eigenvalue weighted by Crippen LogP contribution is 2.32. The van der Waals surface area contributed by atoms with E-state index in [1.807, 2.05) is 6.07 Å². The largest absolute Gasteiger partial charge is 0.268 e. The van der Waals surface area contributed by atoms with E-state index in [-0.39, 0.29) is 5.56 Å². The zero-order valence-corrected chi connectivity index (χ0v) is 8.81. The fourth-order valence-corrected chi connectivity index (χ4v) is 2.35. The molecule has 3 rings (SSSR count). The second kappa shape index (κ2) is 3.59. The van der Waals surface area contributed by atoms with Gasteiger partial charge in [-0.2, -0.15) is 5.10 Å². The summed E-state index contributed by atoms with van der Waals surface area (Å²) in [6.07, 6.45) is 2.05. The molecule has 3 nitrogen and oxygen atoms in total. The predicted octanol–water partition coefficient (Wildman–Crippen LogP) is 1.65. The lowest BCUT2D eigenvalue weighted by Gasteiger charge is -2.06. The minimum absolute atomic E-state index is 0.140. The Labute approximate surface area is 93.1 Å². The lowest BCUT2D eigenvalue weighted by Crippen LogP contribution is -2.10. The third kappa shape index (κ3) is 1.54. The molecular weight excluding hydrogens is 200 g/mol. The highest BCUT2D eigenvalue weighted by Gasteiger charge is 2.23. The number of fused-ring (bicyclic) bond motifs is 1. The molecule has 0 bridgehead atoms. The minimum atomic E-state index is -0.140. The van der Waals surface area contributed by atoms with Gasteiger partial charge >= 0.3 is 0 Å². The number of aromatic nitrogens is 2. The molecule has 0 amide bonds. The predicted molar refractivity (Wildman–Crippen MR) is 61.4 cm³/mol. The third-order valence-corrected chi connectivity index (χ3v) is 3.17. The Morgan fingerprint density at radius 2 is 1.75 bits per heavy atom. The van der Waals surface area contributed by atoms with Gasteiger partial charge in [-0.25, -0.2) is 5.10 Å². The number of rotatable bonds is 1. The Morgan fingerprint density at radius 3 is 2.31 bits per heavy atom. The zero-order valence-electron chi connectivity index (χ0n) is 8.81. The molecule has 0 saturated carbocycles. The van der Waals surface area contributed by atoms with Crippen LogP contribution in [0.15, 0.2) is 41.2 Å². The molecule has 0 spiro atoms. The van der Waals surface area contributed by atoms with Gasteiger partial charge in [-0.1, -0.05) is 24.3 Å². The van der Waals surface area contributed by atoms with Gasteiger partial charge in [0.25, 0.3) is 5.56 Å². The molecule has 0 fully saturated rings. The summed E-state index contributed by atoms with van der Waals surface area (Å²) < 4.78 is 0. The Kier molecular flexibility index (Phi) is 2.10. The lowest BCUT2D eigenvalue weighted by atomic mass is 10.0. The molecule has 1 aromatic heterocycles. The molecule has 3 heteroatoms. The van der Waals surface area contributed by atoms with Crippen LogP contribution in [0.3, 0.4) is 0 Å². The maximum Gasteiger partial charge on any atom is 0.264 e. The lowest BCUT2D eigenvalue weighted by molar-refractivity contribution is 0.691. The molecule has 0 saturated heterocycles. The maximum absolute atomic E-state index is 10.9. The van der Waals surface area contributed by atoms with E-state index >= 15 is 0 Å². The van der Waals surface area contributed by atoms with Crippen LogP contribution in [0.4, 0.5) is 0 Å². The fourth-order valence-electron chi connectivity index (χ4n) is 2.35. The van der Waals surface area contributed by atoms with Gasteiger partial charge in [-0.3, -0.25) is 4.79 Å². The van der Waals surface area contributed by atoms with Gasteiger partial charge in [0, 0.05) is 12.0 Å². The average molecular weight is 212 g/mol. The molecule has 1 N–H and O–H groups in total. The summed E-state index contributed by atoms with van der Waals surface area (Å²) in [6.45, 7) is 0. The third-order valence-electron chi connectivity index (χ3n) is 3.17. The first-order valence-electron chi connectivity index (χ1n) is 5.45. The van der Waals surface area contributed by atoms with Gasteiger partial charge in [-0.05, 0) is 30.0 Å². The van der Waals surface area contributed by atoms with Gasteiger partial charge in [0.1, 0.15) is 0 Å². The van der Waals surface area contributed by atoms with Gasteiger partial charge in [0.2, 0.25) is 0 Å². The van der Waals surface area contributed by atoms with Crippen LogP contribution in [0.5, 0.6) is 0 Å². The average Bonchev–Trinajstić information content (AvgIpc) is 2.73. The molecule has 0 unspecified atom stereocenters. The Balaban J connectivity index is 1.91. The van der Waals surface area contributed by atoms with Crippen LogP contribution < -0.4 is 5.56 Å². The van der Waals surface area contributed by atoms with Crippen molar-refractivity contribution in [3.05, 3.63) is 63.6 Å². The van der Waals surface area contributed by atoms with Gasteiger partial charge in [0.15, 0.2) is 0 Å². The second-order valence-corrected chi connectivity index (χ2v) is 4.22. The molecule has 16 heavy (non-hydrogen) atoms. The number of hydrogen-bond donors (Lipinski definition) is 1. The summed E-state index contributed by atoms with van der Waals surface area (Å²) in [4.78, 5) is 10.9. The van der Waals surface area contributed by atoms with E-state index in [4.69, 9.17) is 0 Å². The van der Waals surface area contributed by atoms with Crippen molar-refractivity contribution in [2.75, 3.05) is 0 Å².